The Hall–Kier alpha value is -3.14. The van der Waals surface area contributed by atoms with E-state index in [0.29, 0.717) is 23.5 Å². The molecule has 10 heteroatoms. The molecule has 0 radical (unpaired) electrons. The fourth-order valence-corrected chi connectivity index (χ4v) is 4.55. The van der Waals surface area contributed by atoms with Crippen molar-refractivity contribution in [2.24, 2.45) is 11.7 Å². The summed E-state index contributed by atoms with van der Waals surface area (Å²) < 4.78 is 2.80. The Morgan fingerprint density at radius 2 is 2.18 bits per heavy atom. The number of aryl methyl sites for hydroxylation is 1. The van der Waals surface area contributed by atoms with Crippen molar-refractivity contribution >= 4 is 44.6 Å². The van der Waals surface area contributed by atoms with Crippen LogP contribution in [0.1, 0.15) is 24.3 Å². The number of benzene rings is 1. The highest BCUT2D eigenvalue weighted by atomic mass is 32.1. The molecule has 0 bridgehead atoms. The lowest BCUT2D eigenvalue weighted by Crippen LogP contribution is -2.23. The molecule has 1 aliphatic carbocycles. The molecule has 28 heavy (non-hydrogen) atoms. The first-order valence-electron chi connectivity index (χ1n) is 9.09. The van der Waals surface area contributed by atoms with Crippen molar-refractivity contribution in [2.75, 3.05) is 5.32 Å². The number of fused-ring (bicyclic) bond motifs is 2. The van der Waals surface area contributed by atoms with Gasteiger partial charge in [0.25, 0.3) is 0 Å². The lowest BCUT2D eigenvalue weighted by molar-refractivity contribution is -0.121. The molecule has 3 heterocycles. The fourth-order valence-electron chi connectivity index (χ4n) is 3.69. The summed E-state index contributed by atoms with van der Waals surface area (Å²) in [5.74, 6) is 0.181. The van der Waals surface area contributed by atoms with Gasteiger partial charge in [-0.05, 0) is 44.4 Å². The Morgan fingerprint density at radius 3 is 3.00 bits per heavy atom. The summed E-state index contributed by atoms with van der Waals surface area (Å²) in [7, 11) is 0. The molecular formula is C18H18N8OS. The van der Waals surface area contributed by atoms with Crippen molar-refractivity contribution in [1.29, 1.82) is 0 Å². The van der Waals surface area contributed by atoms with E-state index in [2.05, 4.69) is 30.6 Å². The number of nitrogens with two attached hydrogens (primary N) is 1. The van der Waals surface area contributed by atoms with E-state index < -0.39 is 0 Å². The first-order chi connectivity index (χ1) is 13.6. The van der Waals surface area contributed by atoms with Gasteiger partial charge < -0.3 is 11.1 Å². The molecule has 2 unspecified atom stereocenters. The Kier molecular flexibility index (Phi) is 3.93. The minimum absolute atomic E-state index is 0.0805. The highest BCUT2D eigenvalue weighted by molar-refractivity contribution is 7.18. The van der Waals surface area contributed by atoms with Crippen molar-refractivity contribution in [1.82, 2.24) is 29.9 Å². The molecular weight excluding hydrogens is 376 g/mol. The van der Waals surface area contributed by atoms with Crippen molar-refractivity contribution in [3.63, 3.8) is 0 Å². The standard InChI is InChI=1S/C18H18N8OS/c1-9-21-13-5-4-12(7-15(13)28-9)26-17-14(24-25-26)8-20-18(23-17)22-11-3-2-10(6-11)16(19)27/h4-5,7-8,10-11H,2-3,6H2,1H3,(H2,19,27)(H,20,22,23). The summed E-state index contributed by atoms with van der Waals surface area (Å²) in [5, 5.41) is 12.8. The van der Waals surface area contributed by atoms with E-state index in [1.807, 2.05) is 25.1 Å². The summed E-state index contributed by atoms with van der Waals surface area (Å²) in [6, 6.07) is 6.11. The van der Waals surface area contributed by atoms with E-state index in [1.165, 1.54) is 0 Å². The number of nitrogens with one attached hydrogen (secondary N) is 1. The fraction of sp³-hybridized carbons (Fsp3) is 0.333. The van der Waals surface area contributed by atoms with Crippen LogP contribution in [-0.2, 0) is 4.79 Å². The maximum Gasteiger partial charge on any atom is 0.225 e. The summed E-state index contributed by atoms with van der Waals surface area (Å²) >= 11 is 1.64. The van der Waals surface area contributed by atoms with Crippen molar-refractivity contribution in [2.45, 2.75) is 32.2 Å². The molecule has 2 atom stereocenters. The third-order valence-electron chi connectivity index (χ3n) is 5.08. The number of hydrogen-bond acceptors (Lipinski definition) is 8. The lowest BCUT2D eigenvalue weighted by Gasteiger charge is -2.12. The monoisotopic (exact) mass is 394 g/mol. The number of hydrogen-bond donors (Lipinski definition) is 2. The van der Waals surface area contributed by atoms with Crippen LogP contribution in [0.5, 0.6) is 0 Å². The second-order valence-corrected chi connectivity index (χ2v) is 8.28. The predicted octanol–water partition coefficient (Wildman–Crippen LogP) is 2.19. The Bertz CT molecular complexity index is 1200. The van der Waals surface area contributed by atoms with Crippen molar-refractivity contribution < 1.29 is 4.79 Å². The molecule has 1 saturated carbocycles. The van der Waals surface area contributed by atoms with Crippen molar-refractivity contribution in [3.8, 4) is 5.69 Å². The molecule has 9 nitrogen and oxygen atoms in total. The molecule has 0 saturated heterocycles. The van der Waals surface area contributed by atoms with Gasteiger partial charge in [-0.3, -0.25) is 4.79 Å². The predicted molar refractivity (Wildman–Crippen MR) is 106 cm³/mol. The zero-order valence-electron chi connectivity index (χ0n) is 15.2. The summed E-state index contributed by atoms with van der Waals surface area (Å²) in [4.78, 5) is 24.8. The first kappa shape index (κ1) is 17.0. The third kappa shape index (κ3) is 2.95. The van der Waals surface area contributed by atoms with E-state index in [0.717, 1.165) is 33.8 Å². The van der Waals surface area contributed by atoms with Gasteiger partial charge in [0, 0.05) is 12.0 Å². The van der Waals surface area contributed by atoms with E-state index in [9.17, 15) is 4.79 Å². The van der Waals surface area contributed by atoms with Gasteiger partial charge in [-0.15, -0.1) is 16.4 Å². The second-order valence-electron chi connectivity index (χ2n) is 7.04. The van der Waals surface area contributed by atoms with Gasteiger partial charge in [0.2, 0.25) is 11.9 Å². The Balaban J connectivity index is 1.47. The minimum atomic E-state index is -0.239. The van der Waals surface area contributed by atoms with Gasteiger partial charge in [-0.1, -0.05) is 5.21 Å². The molecule has 4 aromatic rings. The van der Waals surface area contributed by atoms with Crippen LogP contribution in [0.15, 0.2) is 24.4 Å². The number of carbonyl (C=O) groups excluding carboxylic acids is 1. The van der Waals surface area contributed by atoms with Crippen LogP contribution in [0.25, 0.3) is 27.1 Å². The van der Waals surface area contributed by atoms with Gasteiger partial charge in [-0.25, -0.2) is 9.97 Å². The molecule has 5 rings (SSSR count). The highest BCUT2D eigenvalue weighted by Gasteiger charge is 2.28. The molecule has 0 spiro atoms. The molecule has 0 aliphatic heterocycles. The number of primary amides is 1. The molecule has 142 valence electrons. The van der Waals surface area contributed by atoms with Crippen LogP contribution in [0.2, 0.25) is 0 Å². The van der Waals surface area contributed by atoms with Gasteiger partial charge >= 0.3 is 0 Å². The smallest absolute Gasteiger partial charge is 0.225 e. The van der Waals surface area contributed by atoms with Crippen molar-refractivity contribution in [3.05, 3.63) is 29.4 Å². The molecule has 1 aliphatic rings. The topological polar surface area (TPSA) is 124 Å². The van der Waals surface area contributed by atoms with E-state index in [4.69, 9.17) is 5.73 Å². The van der Waals surface area contributed by atoms with Gasteiger partial charge in [0.05, 0.1) is 27.1 Å². The SMILES string of the molecule is Cc1nc2ccc(-n3nnc4cnc(NC5CCC(C(N)=O)C5)nc43)cc2s1. The van der Waals surface area contributed by atoms with Crippen LogP contribution in [0.4, 0.5) is 5.95 Å². The molecule has 1 aromatic carbocycles. The quantitative estimate of drug-likeness (QED) is 0.543. The third-order valence-corrected chi connectivity index (χ3v) is 6.02. The lowest BCUT2D eigenvalue weighted by atomic mass is 10.1. The van der Waals surface area contributed by atoms with Crippen LogP contribution < -0.4 is 11.1 Å². The number of anilines is 1. The summed E-state index contributed by atoms with van der Waals surface area (Å²) in [6.07, 6.45) is 4.02. The second kappa shape index (κ2) is 6.48. The van der Waals surface area contributed by atoms with Crippen LogP contribution in [-0.4, -0.2) is 41.9 Å². The molecule has 3 N–H and O–H groups in total. The number of nitrogens with zero attached hydrogens (tertiary/aromatic N) is 6. The number of aromatic nitrogens is 6. The van der Waals surface area contributed by atoms with Crippen LogP contribution in [0, 0.1) is 12.8 Å². The average Bonchev–Trinajstić information content (AvgIpc) is 3.38. The molecule has 3 aromatic heterocycles. The zero-order valence-corrected chi connectivity index (χ0v) is 16.0. The van der Waals surface area contributed by atoms with E-state index in [1.54, 1.807) is 22.2 Å². The van der Waals surface area contributed by atoms with Crippen LogP contribution >= 0.6 is 11.3 Å². The number of thiazole rings is 1. The maximum atomic E-state index is 11.4. The van der Waals surface area contributed by atoms with E-state index >= 15 is 0 Å². The number of carbonyl (C=O) groups is 1. The summed E-state index contributed by atoms with van der Waals surface area (Å²) in [6.45, 7) is 1.99. The normalized spacial score (nSPS) is 19.5. The largest absolute Gasteiger partial charge is 0.369 e. The Morgan fingerprint density at radius 1 is 1.29 bits per heavy atom. The number of amides is 1. The average molecular weight is 394 g/mol. The van der Waals surface area contributed by atoms with E-state index in [-0.39, 0.29) is 17.9 Å². The molecule has 1 fully saturated rings. The van der Waals surface area contributed by atoms with Gasteiger partial charge in [-0.2, -0.15) is 9.67 Å². The highest BCUT2D eigenvalue weighted by Crippen LogP contribution is 2.28. The van der Waals surface area contributed by atoms with Gasteiger partial charge in [0.15, 0.2) is 11.2 Å². The zero-order chi connectivity index (χ0) is 19.3. The Labute approximate surface area is 164 Å². The van der Waals surface area contributed by atoms with Crippen LogP contribution in [0.3, 0.4) is 0 Å². The van der Waals surface area contributed by atoms with Gasteiger partial charge in [0.1, 0.15) is 0 Å². The summed E-state index contributed by atoms with van der Waals surface area (Å²) in [5.41, 5.74) is 8.51. The number of rotatable bonds is 4. The maximum absolute atomic E-state index is 11.4. The molecule has 1 amide bonds. The first-order valence-corrected chi connectivity index (χ1v) is 9.90. The minimum Gasteiger partial charge on any atom is -0.369 e.